The van der Waals surface area contributed by atoms with E-state index in [-0.39, 0.29) is 17.6 Å². The smallest absolute Gasteiger partial charge is 0.270 e. The van der Waals surface area contributed by atoms with Gasteiger partial charge in [0.25, 0.3) is 5.91 Å². The highest BCUT2D eigenvalue weighted by Gasteiger charge is 2.30. The minimum absolute atomic E-state index is 0.133. The average molecular weight is 411 g/mol. The van der Waals surface area contributed by atoms with Gasteiger partial charge >= 0.3 is 0 Å². The third kappa shape index (κ3) is 3.11. The number of fused-ring (bicyclic) bond motifs is 2. The summed E-state index contributed by atoms with van der Waals surface area (Å²) in [6, 6.07) is 3.27. The summed E-state index contributed by atoms with van der Waals surface area (Å²) in [4.78, 5) is 13.1. The van der Waals surface area contributed by atoms with Crippen molar-refractivity contribution < 1.29 is 13.6 Å². The molecule has 2 aliphatic rings. The Labute approximate surface area is 172 Å². The molecule has 156 valence electrons. The van der Waals surface area contributed by atoms with Crippen molar-refractivity contribution in [3.63, 3.8) is 0 Å². The second-order valence-electron chi connectivity index (χ2n) is 8.08. The maximum atomic E-state index is 14.3. The summed E-state index contributed by atoms with van der Waals surface area (Å²) in [5, 5.41) is 12.0. The predicted octanol–water partition coefficient (Wildman–Crippen LogP) is 3.57. The van der Waals surface area contributed by atoms with Gasteiger partial charge in [-0.2, -0.15) is 10.2 Å². The highest BCUT2D eigenvalue weighted by Crippen LogP contribution is 2.32. The van der Waals surface area contributed by atoms with Crippen LogP contribution in [0.15, 0.2) is 24.4 Å². The lowest BCUT2D eigenvalue weighted by molar-refractivity contribution is 0.0922. The zero-order chi connectivity index (χ0) is 20.8. The summed E-state index contributed by atoms with van der Waals surface area (Å²) in [6.07, 6.45) is 8.01. The average Bonchev–Trinajstić information content (AvgIpc) is 3.29. The first-order valence-corrected chi connectivity index (χ1v) is 10.4. The third-order valence-electron chi connectivity index (χ3n) is 6.16. The Bertz CT molecular complexity index is 1130. The van der Waals surface area contributed by atoms with E-state index in [1.165, 1.54) is 16.8 Å². The molecule has 0 radical (unpaired) electrons. The molecule has 0 saturated heterocycles. The first kappa shape index (κ1) is 19.0. The van der Waals surface area contributed by atoms with E-state index in [9.17, 15) is 13.6 Å². The minimum Gasteiger partial charge on any atom is -0.344 e. The number of hydrogen-bond donors (Lipinski definition) is 1. The zero-order valence-corrected chi connectivity index (χ0v) is 16.8. The van der Waals surface area contributed by atoms with Gasteiger partial charge in [-0.05, 0) is 57.1 Å². The lowest BCUT2D eigenvalue weighted by atomic mass is 9.92. The molecule has 3 aromatic rings. The van der Waals surface area contributed by atoms with Gasteiger partial charge in [0.1, 0.15) is 17.2 Å². The molecule has 2 aliphatic carbocycles. The number of benzene rings is 1. The van der Waals surface area contributed by atoms with Crippen molar-refractivity contribution in [1.82, 2.24) is 24.9 Å². The van der Waals surface area contributed by atoms with E-state index in [4.69, 9.17) is 0 Å². The van der Waals surface area contributed by atoms with Gasteiger partial charge in [0.15, 0.2) is 5.82 Å². The molecular formula is C22H23F2N5O. The van der Waals surface area contributed by atoms with E-state index in [0.29, 0.717) is 5.69 Å². The molecule has 1 amide bonds. The number of amides is 1. The van der Waals surface area contributed by atoms with Gasteiger partial charge in [-0.25, -0.2) is 13.5 Å². The Kier molecular flexibility index (Phi) is 4.64. The van der Waals surface area contributed by atoms with Crippen LogP contribution in [-0.2, 0) is 26.3 Å². The molecule has 2 aromatic heterocycles. The van der Waals surface area contributed by atoms with Gasteiger partial charge in [0, 0.05) is 29.9 Å². The SMILES string of the molecule is Cn1nc2c(c1C(=O)NC1CCCc3c1cnn3-c1ccc(F)cc1F)CCCC2. The number of rotatable bonds is 3. The van der Waals surface area contributed by atoms with Crippen molar-refractivity contribution in [3.8, 4) is 5.69 Å². The Morgan fingerprint density at radius 1 is 1.17 bits per heavy atom. The maximum absolute atomic E-state index is 14.3. The van der Waals surface area contributed by atoms with Crippen LogP contribution in [0, 0.1) is 11.6 Å². The Hall–Kier alpha value is -3.03. The first-order valence-electron chi connectivity index (χ1n) is 10.4. The fraction of sp³-hybridized carbons (Fsp3) is 0.409. The summed E-state index contributed by atoms with van der Waals surface area (Å²) in [6.45, 7) is 0. The molecule has 0 aliphatic heterocycles. The predicted molar refractivity (Wildman–Crippen MR) is 106 cm³/mol. The maximum Gasteiger partial charge on any atom is 0.270 e. The number of nitrogens with one attached hydrogen (secondary N) is 1. The fourth-order valence-corrected chi connectivity index (χ4v) is 4.76. The Morgan fingerprint density at radius 2 is 2.00 bits per heavy atom. The van der Waals surface area contributed by atoms with Crippen LogP contribution >= 0.6 is 0 Å². The van der Waals surface area contributed by atoms with Crippen LogP contribution in [-0.4, -0.2) is 25.5 Å². The van der Waals surface area contributed by atoms with Crippen LogP contribution in [0.5, 0.6) is 0 Å². The lowest BCUT2D eigenvalue weighted by Gasteiger charge is -2.24. The van der Waals surface area contributed by atoms with E-state index in [2.05, 4.69) is 15.5 Å². The molecule has 8 heteroatoms. The van der Waals surface area contributed by atoms with Crippen molar-refractivity contribution in [1.29, 1.82) is 0 Å². The quantitative estimate of drug-likeness (QED) is 0.717. The second kappa shape index (κ2) is 7.34. The number of aromatic nitrogens is 4. The fourth-order valence-electron chi connectivity index (χ4n) is 4.76. The lowest BCUT2D eigenvalue weighted by Crippen LogP contribution is -2.33. The molecule has 6 nitrogen and oxygen atoms in total. The van der Waals surface area contributed by atoms with Crippen molar-refractivity contribution in [2.45, 2.75) is 51.0 Å². The van der Waals surface area contributed by atoms with Crippen molar-refractivity contribution in [2.75, 3.05) is 0 Å². The number of aryl methyl sites for hydroxylation is 2. The molecule has 1 N–H and O–H groups in total. The van der Waals surface area contributed by atoms with Gasteiger partial charge in [0.05, 0.1) is 17.9 Å². The highest BCUT2D eigenvalue weighted by atomic mass is 19.1. The standard InChI is InChI=1S/C22H23F2N5O/c1-28-21(14-5-2-3-6-18(14)27-28)22(30)26-17-7-4-8-19-15(17)12-25-29(19)20-10-9-13(23)11-16(20)24/h9-12,17H,2-8H2,1H3,(H,26,30). The molecule has 5 rings (SSSR count). The van der Waals surface area contributed by atoms with E-state index < -0.39 is 11.6 Å². The number of hydrogen-bond acceptors (Lipinski definition) is 3. The summed E-state index contributed by atoms with van der Waals surface area (Å²) in [5.74, 6) is -1.41. The number of halogens is 2. The van der Waals surface area contributed by atoms with E-state index in [1.807, 2.05) is 7.05 Å². The topological polar surface area (TPSA) is 64.7 Å². The van der Waals surface area contributed by atoms with Gasteiger partial charge < -0.3 is 5.32 Å². The van der Waals surface area contributed by atoms with Gasteiger partial charge in [0.2, 0.25) is 0 Å². The van der Waals surface area contributed by atoms with Gasteiger partial charge in [-0.1, -0.05) is 0 Å². The molecule has 0 spiro atoms. The van der Waals surface area contributed by atoms with Crippen LogP contribution in [0.3, 0.4) is 0 Å². The number of carbonyl (C=O) groups is 1. The van der Waals surface area contributed by atoms with Crippen LogP contribution in [0.2, 0.25) is 0 Å². The molecule has 0 saturated carbocycles. The van der Waals surface area contributed by atoms with E-state index in [1.54, 1.807) is 10.9 Å². The largest absolute Gasteiger partial charge is 0.344 e. The molecule has 0 bridgehead atoms. The zero-order valence-electron chi connectivity index (χ0n) is 16.8. The monoisotopic (exact) mass is 411 g/mol. The third-order valence-corrected chi connectivity index (χ3v) is 6.16. The summed E-state index contributed by atoms with van der Waals surface area (Å²) < 4.78 is 30.8. The Balaban J connectivity index is 1.44. The normalized spacial score (nSPS) is 18.0. The molecule has 1 unspecified atom stereocenters. The first-order chi connectivity index (χ1) is 14.5. The van der Waals surface area contributed by atoms with Crippen LogP contribution < -0.4 is 5.32 Å². The summed E-state index contributed by atoms with van der Waals surface area (Å²) >= 11 is 0. The summed E-state index contributed by atoms with van der Waals surface area (Å²) in [5.41, 5.74) is 4.66. The van der Waals surface area contributed by atoms with E-state index >= 15 is 0 Å². The summed E-state index contributed by atoms with van der Waals surface area (Å²) in [7, 11) is 1.81. The van der Waals surface area contributed by atoms with Crippen LogP contribution in [0.1, 0.15) is 64.7 Å². The van der Waals surface area contributed by atoms with Gasteiger partial charge in [-0.15, -0.1) is 0 Å². The van der Waals surface area contributed by atoms with Crippen LogP contribution in [0.4, 0.5) is 8.78 Å². The Morgan fingerprint density at radius 3 is 2.83 bits per heavy atom. The molecule has 2 heterocycles. The van der Waals surface area contributed by atoms with Gasteiger partial charge in [-0.3, -0.25) is 9.48 Å². The molecule has 1 atom stereocenters. The van der Waals surface area contributed by atoms with Crippen molar-refractivity contribution >= 4 is 5.91 Å². The molecule has 1 aromatic carbocycles. The second-order valence-corrected chi connectivity index (χ2v) is 8.08. The molecule has 30 heavy (non-hydrogen) atoms. The van der Waals surface area contributed by atoms with Crippen molar-refractivity contribution in [3.05, 3.63) is 64.2 Å². The number of nitrogens with zero attached hydrogens (tertiary/aromatic N) is 4. The molecule has 0 fully saturated rings. The van der Waals surface area contributed by atoms with Crippen LogP contribution in [0.25, 0.3) is 5.69 Å². The minimum atomic E-state index is -0.659. The highest BCUT2D eigenvalue weighted by molar-refractivity contribution is 5.94. The van der Waals surface area contributed by atoms with E-state index in [0.717, 1.165) is 73.5 Å². The molecular weight excluding hydrogens is 388 g/mol. The van der Waals surface area contributed by atoms with Crippen molar-refractivity contribution in [2.24, 2.45) is 7.05 Å². The number of carbonyl (C=O) groups excluding carboxylic acids is 1.